The van der Waals surface area contributed by atoms with Gasteiger partial charge in [0.2, 0.25) is 5.91 Å². The number of aryl methyl sites for hydroxylation is 3. The third-order valence-electron chi connectivity index (χ3n) is 5.36. The summed E-state index contributed by atoms with van der Waals surface area (Å²) >= 11 is 0. The molecule has 9 heteroatoms. The van der Waals surface area contributed by atoms with Crippen molar-refractivity contribution in [3.63, 3.8) is 0 Å². The first-order valence-electron chi connectivity index (χ1n) is 11.0. The van der Waals surface area contributed by atoms with E-state index in [-0.39, 0.29) is 31.3 Å². The third-order valence-corrected chi connectivity index (χ3v) is 5.36. The van der Waals surface area contributed by atoms with Crippen LogP contribution in [0.25, 0.3) is 0 Å². The fourth-order valence-electron chi connectivity index (χ4n) is 3.80. The monoisotopic (exact) mass is 467 g/mol. The lowest BCUT2D eigenvalue weighted by Crippen LogP contribution is -2.45. The lowest BCUT2D eigenvalue weighted by molar-refractivity contribution is -0.148. The molecule has 1 aliphatic rings. The number of nitrogens with zero attached hydrogens (tertiary/aromatic N) is 1. The summed E-state index contributed by atoms with van der Waals surface area (Å²) in [6.45, 7) is 6.76. The minimum absolute atomic E-state index is 0.0907. The zero-order valence-corrected chi connectivity index (χ0v) is 19.8. The molecular formula is C25H29N3O6. The zero-order valence-electron chi connectivity index (χ0n) is 19.8. The van der Waals surface area contributed by atoms with Crippen LogP contribution < -0.4 is 20.3 Å². The number of anilines is 2. The van der Waals surface area contributed by atoms with Gasteiger partial charge in [0.05, 0.1) is 18.7 Å². The number of ether oxygens (including phenoxy) is 2. The lowest BCUT2D eigenvalue weighted by Gasteiger charge is -2.32. The van der Waals surface area contributed by atoms with Crippen LogP contribution in [-0.2, 0) is 23.9 Å². The molecule has 0 bridgehead atoms. The summed E-state index contributed by atoms with van der Waals surface area (Å²) in [7, 11) is 0. The summed E-state index contributed by atoms with van der Waals surface area (Å²) in [4.78, 5) is 50.2. The Morgan fingerprint density at radius 3 is 2.44 bits per heavy atom. The molecule has 3 rings (SSSR count). The van der Waals surface area contributed by atoms with Crippen molar-refractivity contribution in [1.29, 1.82) is 0 Å². The highest BCUT2D eigenvalue weighted by atomic mass is 16.5. The van der Waals surface area contributed by atoms with E-state index in [4.69, 9.17) is 9.47 Å². The molecule has 0 aromatic heterocycles. The average Bonchev–Trinajstić information content (AvgIpc) is 2.79. The number of para-hydroxylation sites is 2. The first kappa shape index (κ1) is 24.8. The molecule has 2 N–H and O–H groups in total. The number of fused-ring (bicyclic) bond motifs is 1. The number of carbonyl (C=O) groups is 4. The second-order valence-electron chi connectivity index (χ2n) is 8.23. The Kier molecular flexibility index (Phi) is 7.88. The minimum atomic E-state index is -0.657. The quantitative estimate of drug-likeness (QED) is 0.577. The molecular weight excluding hydrogens is 438 g/mol. The van der Waals surface area contributed by atoms with Gasteiger partial charge in [-0.05, 0) is 51.0 Å². The summed E-state index contributed by atoms with van der Waals surface area (Å²) in [6.07, 6.45) is -0.748. The predicted octanol–water partition coefficient (Wildman–Crippen LogP) is 2.41. The van der Waals surface area contributed by atoms with Crippen molar-refractivity contribution >= 4 is 35.1 Å². The second kappa shape index (κ2) is 10.8. The molecule has 0 radical (unpaired) electrons. The summed E-state index contributed by atoms with van der Waals surface area (Å²) < 4.78 is 10.6. The molecule has 0 aliphatic carbocycles. The Bertz CT molecular complexity index is 1090. The number of hydrogen-bond donors (Lipinski definition) is 2. The molecule has 0 spiro atoms. The van der Waals surface area contributed by atoms with Crippen LogP contribution in [0.3, 0.4) is 0 Å². The highest BCUT2D eigenvalue weighted by molar-refractivity contribution is 6.00. The van der Waals surface area contributed by atoms with Crippen LogP contribution >= 0.6 is 0 Å². The molecule has 1 unspecified atom stereocenters. The van der Waals surface area contributed by atoms with Gasteiger partial charge in [-0.1, -0.05) is 29.8 Å². The van der Waals surface area contributed by atoms with Gasteiger partial charge in [0, 0.05) is 12.2 Å². The van der Waals surface area contributed by atoms with Crippen LogP contribution in [-0.4, -0.2) is 49.5 Å². The van der Waals surface area contributed by atoms with Crippen molar-refractivity contribution in [3.05, 3.63) is 53.1 Å². The van der Waals surface area contributed by atoms with Crippen LogP contribution in [0.15, 0.2) is 36.4 Å². The number of esters is 1. The van der Waals surface area contributed by atoms with E-state index in [1.165, 1.54) is 4.90 Å². The van der Waals surface area contributed by atoms with Crippen molar-refractivity contribution in [2.75, 3.05) is 29.9 Å². The van der Waals surface area contributed by atoms with Crippen LogP contribution in [0.4, 0.5) is 11.4 Å². The van der Waals surface area contributed by atoms with Gasteiger partial charge in [0.15, 0.2) is 12.7 Å². The van der Waals surface area contributed by atoms with Crippen LogP contribution in [0.1, 0.15) is 30.0 Å². The number of amides is 3. The molecule has 1 heterocycles. The van der Waals surface area contributed by atoms with Gasteiger partial charge in [-0.25, -0.2) is 0 Å². The third kappa shape index (κ3) is 6.12. The summed E-state index contributed by atoms with van der Waals surface area (Å²) in [5.41, 5.74) is 4.26. The van der Waals surface area contributed by atoms with Crippen LogP contribution in [0, 0.1) is 20.8 Å². The minimum Gasteiger partial charge on any atom is -0.479 e. The summed E-state index contributed by atoms with van der Waals surface area (Å²) in [5, 5.41) is 5.22. The van der Waals surface area contributed by atoms with E-state index in [1.54, 1.807) is 31.2 Å². The molecule has 1 aliphatic heterocycles. The lowest BCUT2D eigenvalue weighted by atomic mass is 10.1. The Morgan fingerprint density at radius 1 is 1.06 bits per heavy atom. The Hall–Kier alpha value is -3.88. The molecule has 0 fully saturated rings. The van der Waals surface area contributed by atoms with E-state index in [2.05, 4.69) is 10.6 Å². The van der Waals surface area contributed by atoms with Crippen molar-refractivity contribution in [1.82, 2.24) is 5.32 Å². The fourth-order valence-corrected chi connectivity index (χ4v) is 3.80. The molecule has 34 heavy (non-hydrogen) atoms. The SMILES string of the molecule is Cc1cc(C)c(NC(=O)CNC(=O)COC(=O)CCN2C(=O)C(C)Oc3ccccc32)c(C)c1. The molecule has 9 nitrogen and oxygen atoms in total. The van der Waals surface area contributed by atoms with Crippen LogP contribution in [0.5, 0.6) is 5.75 Å². The van der Waals surface area contributed by atoms with E-state index in [1.807, 2.05) is 32.9 Å². The van der Waals surface area contributed by atoms with Gasteiger partial charge in [0.1, 0.15) is 5.75 Å². The topological polar surface area (TPSA) is 114 Å². The highest BCUT2D eigenvalue weighted by Crippen LogP contribution is 2.33. The van der Waals surface area contributed by atoms with Crippen molar-refractivity contribution in [2.45, 2.75) is 40.2 Å². The van der Waals surface area contributed by atoms with Crippen molar-refractivity contribution < 1.29 is 28.7 Å². The molecule has 0 saturated heterocycles. The smallest absolute Gasteiger partial charge is 0.308 e. The van der Waals surface area contributed by atoms with Gasteiger partial charge >= 0.3 is 5.97 Å². The molecule has 2 aromatic carbocycles. The van der Waals surface area contributed by atoms with E-state index in [9.17, 15) is 19.2 Å². The summed E-state index contributed by atoms with van der Waals surface area (Å²) in [5.74, 6) is -1.29. The normalized spacial score (nSPS) is 14.6. The molecule has 1 atom stereocenters. The number of nitrogens with one attached hydrogen (secondary N) is 2. The summed E-state index contributed by atoms with van der Waals surface area (Å²) in [6, 6.07) is 11.0. The van der Waals surface area contributed by atoms with E-state index in [0.717, 1.165) is 16.7 Å². The first-order valence-corrected chi connectivity index (χ1v) is 11.0. The van der Waals surface area contributed by atoms with Gasteiger partial charge in [-0.3, -0.25) is 19.2 Å². The van der Waals surface area contributed by atoms with Gasteiger partial charge in [-0.15, -0.1) is 0 Å². The van der Waals surface area contributed by atoms with Gasteiger partial charge in [0.25, 0.3) is 11.8 Å². The maximum Gasteiger partial charge on any atom is 0.308 e. The van der Waals surface area contributed by atoms with Gasteiger partial charge in [-0.2, -0.15) is 0 Å². The fraction of sp³-hybridized carbons (Fsp3) is 0.360. The van der Waals surface area contributed by atoms with Gasteiger partial charge < -0.3 is 25.0 Å². The molecule has 3 amide bonds. The van der Waals surface area contributed by atoms with Crippen molar-refractivity contribution in [2.24, 2.45) is 0 Å². The highest BCUT2D eigenvalue weighted by Gasteiger charge is 2.31. The standard InChI is InChI=1S/C25H29N3O6/c1-15-11-16(2)24(17(3)12-15)27-21(29)13-26-22(30)14-33-23(31)9-10-28-19-7-5-6-8-20(19)34-18(4)25(28)32/h5-8,11-12,18H,9-10,13-14H2,1-4H3,(H,26,30)(H,27,29). The Labute approximate surface area is 198 Å². The largest absolute Gasteiger partial charge is 0.479 e. The first-order chi connectivity index (χ1) is 16.2. The number of rotatable bonds is 8. The Balaban J connectivity index is 1.42. The number of benzene rings is 2. The van der Waals surface area contributed by atoms with E-state index < -0.39 is 24.6 Å². The second-order valence-corrected chi connectivity index (χ2v) is 8.23. The predicted molar refractivity (Wildman–Crippen MR) is 127 cm³/mol. The maximum atomic E-state index is 12.5. The zero-order chi connectivity index (χ0) is 24.8. The van der Waals surface area contributed by atoms with E-state index in [0.29, 0.717) is 17.1 Å². The molecule has 180 valence electrons. The van der Waals surface area contributed by atoms with E-state index >= 15 is 0 Å². The average molecular weight is 468 g/mol. The molecule has 0 saturated carbocycles. The van der Waals surface area contributed by atoms with Crippen molar-refractivity contribution in [3.8, 4) is 5.75 Å². The maximum absolute atomic E-state index is 12.5. The number of carbonyl (C=O) groups excluding carboxylic acids is 4. The van der Waals surface area contributed by atoms with Crippen LogP contribution in [0.2, 0.25) is 0 Å². The molecule has 2 aromatic rings. The Morgan fingerprint density at radius 2 is 1.74 bits per heavy atom. The number of hydrogen-bond acceptors (Lipinski definition) is 6.